The monoisotopic (exact) mass is 909 g/mol. The van der Waals surface area contributed by atoms with Crippen LogP contribution in [0, 0.1) is 50.4 Å². The predicted octanol–water partition coefficient (Wildman–Crippen LogP) is 14.0. The van der Waals surface area contributed by atoms with Gasteiger partial charge in [-0.15, -0.1) is 0 Å². The van der Waals surface area contributed by atoms with Crippen molar-refractivity contribution < 1.29 is 29.3 Å². The summed E-state index contributed by atoms with van der Waals surface area (Å²) in [6.45, 7) is 22.1. The maximum absolute atomic E-state index is 12.6. The average molecular weight is 909 g/mol. The number of cyclic esters (lactones) is 1. The number of aliphatic hydroxyl groups excluding tert-OH is 1. The van der Waals surface area contributed by atoms with Crippen molar-refractivity contribution in [3.8, 4) is 23.3 Å². The number of ketones is 1. The minimum atomic E-state index is -0.253. The largest absolute Gasteiger partial charge is 0.508 e. The number of aliphatic hydroxyl groups is 1. The van der Waals surface area contributed by atoms with Crippen molar-refractivity contribution >= 4 is 11.8 Å². The molecule has 0 bridgehead atoms. The van der Waals surface area contributed by atoms with E-state index in [1.807, 2.05) is 13.0 Å². The van der Waals surface area contributed by atoms with Gasteiger partial charge in [-0.2, -0.15) is 0 Å². The summed E-state index contributed by atoms with van der Waals surface area (Å²) >= 11 is 0. The Morgan fingerprint density at radius 1 is 0.731 bits per heavy atom. The van der Waals surface area contributed by atoms with Crippen molar-refractivity contribution in [2.24, 2.45) is 10.8 Å². The van der Waals surface area contributed by atoms with Gasteiger partial charge in [-0.1, -0.05) is 128 Å². The number of phenols is 1. The number of hydrogen-bond donors (Lipinski definition) is 2. The van der Waals surface area contributed by atoms with Crippen LogP contribution in [0.2, 0.25) is 0 Å². The number of ether oxygens (including phenoxy) is 2. The average Bonchev–Trinajstić information content (AvgIpc) is 4.09. The van der Waals surface area contributed by atoms with Gasteiger partial charge >= 0.3 is 5.97 Å². The van der Waals surface area contributed by atoms with Crippen LogP contribution in [0.25, 0.3) is 0 Å². The second kappa shape index (κ2) is 22.1. The van der Waals surface area contributed by atoms with Crippen molar-refractivity contribution in [2.45, 2.75) is 195 Å². The van der Waals surface area contributed by atoms with Crippen molar-refractivity contribution in [3.63, 3.8) is 0 Å². The van der Waals surface area contributed by atoms with E-state index in [2.05, 4.69) is 135 Å². The summed E-state index contributed by atoms with van der Waals surface area (Å²) in [6, 6.07) is 25.9. The number of esters is 1. The number of hydrogen-bond acceptors (Lipinski definition) is 6. The number of carbonyl (C=O) groups is 2. The first-order valence-electron chi connectivity index (χ1n) is 25.7. The number of aromatic hydroxyl groups is 1. The summed E-state index contributed by atoms with van der Waals surface area (Å²) in [5.41, 5.74) is 11.5. The fraction of sp³-hybridized carbons (Fsp3) is 0.541. The van der Waals surface area contributed by atoms with Crippen LogP contribution in [0.4, 0.5) is 0 Å². The summed E-state index contributed by atoms with van der Waals surface area (Å²) in [5.74, 6) is 7.24. The zero-order chi connectivity index (χ0) is 48.6. The van der Waals surface area contributed by atoms with E-state index in [9.17, 15) is 19.8 Å². The maximum Gasteiger partial charge on any atom is 0.306 e. The van der Waals surface area contributed by atoms with Crippen LogP contribution >= 0.6 is 0 Å². The quantitative estimate of drug-likeness (QED) is 0.0859. The second-order valence-electron chi connectivity index (χ2n) is 21.0. The van der Waals surface area contributed by atoms with Crippen LogP contribution in [0.3, 0.4) is 0 Å². The van der Waals surface area contributed by atoms with E-state index in [1.165, 1.54) is 46.2 Å². The molecule has 1 saturated heterocycles. The first-order chi connectivity index (χ1) is 32.0. The first kappa shape index (κ1) is 51.5. The number of aryl methyl sites for hydroxylation is 5. The van der Waals surface area contributed by atoms with Crippen molar-refractivity contribution in [3.05, 3.63) is 128 Å². The van der Waals surface area contributed by atoms with Gasteiger partial charge in [0.1, 0.15) is 24.2 Å². The Hall–Kier alpha value is -4.86. The molecule has 3 fully saturated rings. The number of benzene rings is 4. The molecule has 6 nitrogen and oxygen atoms in total. The molecular weight excluding hydrogens is 829 g/mol. The lowest BCUT2D eigenvalue weighted by Gasteiger charge is -2.34. The molecule has 2 atom stereocenters. The van der Waals surface area contributed by atoms with Crippen LogP contribution in [0.1, 0.15) is 193 Å². The van der Waals surface area contributed by atoms with E-state index < -0.39 is 0 Å². The number of phenolic OH excluding ortho intramolecular Hbond substituents is 1. The van der Waals surface area contributed by atoms with Gasteiger partial charge in [-0.25, -0.2) is 0 Å². The van der Waals surface area contributed by atoms with Crippen molar-refractivity contribution in [2.75, 3.05) is 6.61 Å². The van der Waals surface area contributed by atoms with Crippen LogP contribution in [0.5, 0.6) is 11.5 Å². The fourth-order valence-electron chi connectivity index (χ4n) is 11.6. The van der Waals surface area contributed by atoms with E-state index in [1.54, 1.807) is 6.07 Å². The Balaban J connectivity index is 0.000000226. The van der Waals surface area contributed by atoms with Crippen LogP contribution < -0.4 is 4.74 Å². The Bertz CT molecular complexity index is 2410. The minimum Gasteiger partial charge on any atom is -0.508 e. The van der Waals surface area contributed by atoms with Gasteiger partial charge in [0, 0.05) is 28.2 Å². The Labute approximate surface area is 403 Å². The van der Waals surface area contributed by atoms with E-state index >= 15 is 0 Å². The van der Waals surface area contributed by atoms with Crippen LogP contribution in [0.15, 0.2) is 72.8 Å². The molecule has 360 valence electrons. The highest BCUT2D eigenvalue weighted by atomic mass is 16.6. The van der Waals surface area contributed by atoms with Gasteiger partial charge in [-0.05, 0) is 178 Å². The lowest BCUT2D eigenvalue weighted by atomic mass is 9.69. The molecule has 0 amide bonds. The third-order valence-electron chi connectivity index (χ3n) is 16.8. The van der Waals surface area contributed by atoms with Gasteiger partial charge in [0.2, 0.25) is 5.78 Å². The predicted molar refractivity (Wildman–Crippen MR) is 273 cm³/mol. The third-order valence-corrected chi connectivity index (χ3v) is 16.8. The minimum absolute atomic E-state index is 0.0651. The van der Waals surface area contributed by atoms with Gasteiger partial charge in [0.25, 0.3) is 0 Å². The highest BCUT2D eigenvalue weighted by Gasteiger charge is 2.37. The molecule has 3 aliphatic rings. The van der Waals surface area contributed by atoms with Gasteiger partial charge in [0.15, 0.2) is 0 Å². The molecule has 2 saturated carbocycles. The van der Waals surface area contributed by atoms with Crippen molar-refractivity contribution in [1.29, 1.82) is 0 Å². The molecule has 67 heavy (non-hydrogen) atoms. The summed E-state index contributed by atoms with van der Waals surface area (Å²) < 4.78 is 11.3. The van der Waals surface area contributed by atoms with Gasteiger partial charge in [0.05, 0.1) is 6.10 Å². The SMILES string of the molecule is CCC(CC)(c1ccc(CCC(O)C2(C)CCCC2)c(C)c1)c1ccc(OC[C@H]2CCC(=O)O2)c(C)c1.CCC(CC)(c1ccc(O)c(C)c1)c1ccc(C#CC(=O)C2(C)CCCC2)c(C)c1. The van der Waals surface area contributed by atoms with Gasteiger partial charge in [-0.3, -0.25) is 9.59 Å². The molecule has 1 aliphatic heterocycles. The normalized spacial score (nSPS) is 18.1. The third kappa shape index (κ3) is 11.4. The van der Waals surface area contributed by atoms with Crippen LogP contribution in [-0.2, 0) is 31.6 Å². The molecule has 0 aromatic heterocycles. The zero-order valence-electron chi connectivity index (χ0n) is 42.6. The van der Waals surface area contributed by atoms with E-state index in [-0.39, 0.29) is 45.6 Å². The lowest BCUT2D eigenvalue weighted by molar-refractivity contribution is -0.142. The summed E-state index contributed by atoms with van der Waals surface area (Å²) in [4.78, 5) is 24.0. The topological polar surface area (TPSA) is 93.1 Å². The van der Waals surface area contributed by atoms with Gasteiger partial charge < -0.3 is 19.7 Å². The molecule has 0 radical (unpaired) electrons. The highest BCUT2D eigenvalue weighted by Crippen LogP contribution is 2.44. The van der Waals surface area contributed by atoms with E-state index in [4.69, 9.17) is 9.47 Å². The molecule has 0 spiro atoms. The molecule has 4 aromatic carbocycles. The summed E-state index contributed by atoms with van der Waals surface area (Å²) in [7, 11) is 0. The standard InChI is InChI=1S/C33H46O4.C28H34O2/c1-6-33(7-2,27-13-15-29(24(4)21-27)36-22-28-14-17-31(35)37-28)26-12-10-25(23(3)20-26)11-16-30(34)32(5)18-8-9-19-32;1-6-28(7-2,24-13-14-25(29)21(4)19-24)23-12-10-22(20(3)18-23)11-15-26(30)27(5)16-8-9-17-27/h10,12-13,15,20-21,28,30,34H,6-9,11,14,16-19,22H2,1-5H3;10,12-14,18-19,29H,6-9,16-17H2,1-5H3/t28-,30?;/m1./s1. The molecule has 2 aliphatic carbocycles. The Kier molecular flexibility index (Phi) is 17.0. The lowest BCUT2D eigenvalue weighted by Crippen LogP contribution is -2.30. The summed E-state index contributed by atoms with van der Waals surface area (Å²) in [6.07, 6.45) is 15.6. The Morgan fingerprint density at radius 3 is 1.78 bits per heavy atom. The second-order valence-corrected chi connectivity index (χ2v) is 21.0. The summed E-state index contributed by atoms with van der Waals surface area (Å²) in [5, 5.41) is 20.9. The molecular formula is C61H80O6. The molecule has 4 aromatic rings. The first-order valence-corrected chi connectivity index (χ1v) is 25.7. The zero-order valence-corrected chi connectivity index (χ0v) is 42.6. The van der Waals surface area contributed by atoms with Crippen LogP contribution in [-0.4, -0.2) is 40.8 Å². The van der Waals surface area contributed by atoms with Crippen molar-refractivity contribution in [1.82, 2.24) is 0 Å². The van der Waals surface area contributed by atoms with E-state index in [0.29, 0.717) is 18.8 Å². The molecule has 2 N–H and O–H groups in total. The fourth-order valence-corrected chi connectivity index (χ4v) is 11.6. The molecule has 1 heterocycles. The number of Topliss-reactive ketones (excluding diaryl/α,β-unsaturated/α-hetero) is 1. The molecule has 7 rings (SSSR count). The molecule has 1 unspecified atom stereocenters. The number of rotatable bonds is 16. The number of carbonyl (C=O) groups excluding carboxylic acids is 2. The molecule has 6 heteroatoms. The smallest absolute Gasteiger partial charge is 0.306 e. The highest BCUT2D eigenvalue weighted by molar-refractivity contribution is 6.00. The Morgan fingerprint density at radius 2 is 1.25 bits per heavy atom. The maximum atomic E-state index is 12.6. The van der Waals surface area contributed by atoms with E-state index in [0.717, 1.165) is 111 Å².